The van der Waals surface area contributed by atoms with E-state index in [9.17, 15) is 18.0 Å². The molecule has 104 valence electrons. The number of halogens is 4. The molecule has 0 bridgehead atoms. The third kappa shape index (κ3) is 3.12. The first-order valence-electron chi connectivity index (χ1n) is 5.54. The third-order valence-electron chi connectivity index (χ3n) is 2.54. The van der Waals surface area contributed by atoms with Crippen LogP contribution in [0.15, 0.2) is 36.4 Å². The minimum absolute atomic E-state index is 0.0747. The van der Waals surface area contributed by atoms with E-state index in [2.05, 4.69) is 0 Å². The Morgan fingerprint density at radius 3 is 2.35 bits per heavy atom. The second-order valence-corrected chi connectivity index (χ2v) is 5.07. The zero-order chi connectivity index (χ0) is 14.7. The van der Waals surface area contributed by atoms with Crippen LogP contribution < -0.4 is 0 Å². The lowest BCUT2D eigenvalue weighted by molar-refractivity contribution is 0.0465. The lowest BCUT2D eigenvalue weighted by Gasteiger charge is -2.07. The first-order chi connectivity index (χ1) is 9.50. The molecular formula is C14H8F3IO2. The van der Waals surface area contributed by atoms with Gasteiger partial charge >= 0.3 is 5.97 Å². The molecule has 0 aliphatic heterocycles. The van der Waals surface area contributed by atoms with E-state index in [0.29, 0.717) is 5.56 Å². The minimum Gasteiger partial charge on any atom is -0.457 e. The number of ether oxygens (including phenoxy) is 1. The number of carbonyl (C=O) groups excluding carboxylic acids is 1. The molecule has 0 aliphatic carbocycles. The molecule has 0 aliphatic rings. The van der Waals surface area contributed by atoms with E-state index < -0.39 is 29.0 Å². The molecule has 6 heteroatoms. The van der Waals surface area contributed by atoms with Crippen molar-refractivity contribution in [3.63, 3.8) is 0 Å². The van der Waals surface area contributed by atoms with Crippen molar-refractivity contribution in [2.75, 3.05) is 0 Å². The van der Waals surface area contributed by atoms with Gasteiger partial charge in [0.15, 0.2) is 17.5 Å². The van der Waals surface area contributed by atoms with Crippen LogP contribution in [0.25, 0.3) is 0 Å². The lowest BCUT2D eigenvalue weighted by Crippen LogP contribution is -2.11. The highest BCUT2D eigenvalue weighted by molar-refractivity contribution is 14.1. The maximum atomic E-state index is 13.5. The van der Waals surface area contributed by atoms with Crippen LogP contribution in [-0.4, -0.2) is 5.97 Å². The maximum Gasteiger partial charge on any atom is 0.341 e. The molecule has 2 rings (SSSR count). The fourth-order valence-corrected chi connectivity index (χ4v) is 2.07. The van der Waals surface area contributed by atoms with Gasteiger partial charge in [0, 0.05) is 0 Å². The van der Waals surface area contributed by atoms with Crippen molar-refractivity contribution >= 4 is 28.6 Å². The molecule has 0 saturated carbocycles. The van der Waals surface area contributed by atoms with Gasteiger partial charge in [-0.3, -0.25) is 0 Å². The number of hydrogen-bond donors (Lipinski definition) is 0. The predicted octanol–water partition coefficient (Wildman–Crippen LogP) is 4.07. The fraction of sp³-hybridized carbons (Fsp3) is 0.0714. The summed E-state index contributed by atoms with van der Waals surface area (Å²) in [6, 6.07) is 9.66. The standard InChI is InChI=1S/C14H8F3IO2/c15-11-9(6-10(18)12(16)13(11)17)14(19)20-7-8-4-2-1-3-5-8/h1-6H,7H2. The molecule has 0 fully saturated rings. The first kappa shape index (κ1) is 14.8. The fourth-order valence-electron chi connectivity index (χ4n) is 1.52. The number of esters is 1. The summed E-state index contributed by atoms with van der Waals surface area (Å²) in [5.74, 6) is -5.57. The average molecular weight is 392 g/mol. The van der Waals surface area contributed by atoms with Crippen LogP contribution in [0.1, 0.15) is 15.9 Å². The van der Waals surface area contributed by atoms with E-state index in [1.165, 1.54) is 22.6 Å². The van der Waals surface area contributed by atoms with Crippen molar-refractivity contribution in [1.82, 2.24) is 0 Å². The van der Waals surface area contributed by atoms with Gasteiger partial charge in [-0.25, -0.2) is 18.0 Å². The molecule has 0 saturated heterocycles. The lowest BCUT2D eigenvalue weighted by atomic mass is 10.2. The number of hydrogen-bond acceptors (Lipinski definition) is 2. The molecule has 0 aromatic heterocycles. The van der Waals surface area contributed by atoms with Crippen LogP contribution in [0, 0.1) is 21.0 Å². The normalized spacial score (nSPS) is 10.4. The molecule has 0 amide bonds. The number of rotatable bonds is 3. The van der Waals surface area contributed by atoms with Gasteiger partial charge in [0.2, 0.25) is 0 Å². The van der Waals surface area contributed by atoms with Gasteiger partial charge in [-0.1, -0.05) is 30.3 Å². The van der Waals surface area contributed by atoms with Crippen molar-refractivity contribution in [2.24, 2.45) is 0 Å². The van der Waals surface area contributed by atoms with Crippen molar-refractivity contribution < 1.29 is 22.7 Å². The van der Waals surface area contributed by atoms with Crippen LogP contribution in [-0.2, 0) is 11.3 Å². The van der Waals surface area contributed by atoms with Crippen molar-refractivity contribution in [2.45, 2.75) is 6.61 Å². The molecule has 20 heavy (non-hydrogen) atoms. The van der Waals surface area contributed by atoms with Gasteiger partial charge in [0.05, 0.1) is 9.13 Å². The van der Waals surface area contributed by atoms with Gasteiger partial charge < -0.3 is 4.74 Å². The Morgan fingerprint density at radius 1 is 1.05 bits per heavy atom. The second kappa shape index (κ2) is 6.25. The summed E-state index contributed by atoms with van der Waals surface area (Å²) in [4.78, 5) is 11.7. The van der Waals surface area contributed by atoms with E-state index in [1.54, 1.807) is 30.3 Å². The molecule has 0 heterocycles. The Labute approximate surface area is 126 Å². The van der Waals surface area contributed by atoms with E-state index in [4.69, 9.17) is 4.74 Å². The molecule has 0 spiro atoms. The van der Waals surface area contributed by atoms with E-state index >= 15 is 0 Å². The molecule has 2 aromatic rings. The molecule has 0 radical (unpaired) electrons. The van der Waals surface area contributed by atoms with Crippen LogP contribution in [0.5, 0.6) is 0 Å². The Morgan fingerprint density at radius 2 is 1.70 bits per heavy atom. The van der Waals surface area contributed by atoms with Gasteiger partial charge in [0.25, 0.3) is 0 Å². The second-order valence-electron chi connectivity index (χ2n) is 3.91. The Kier molecular flexibility index (Phi) is 4.64. The largest absolute Gasteiger partial charge is 0.457 e. The topological polar surface area (TPSA) is 26.3 Å². The van der Waals surface area contributed by atoms with Gasteiger partial charge in [-0.05, 0) is 34.2 Å². The zero-order valence-corrected chi connectivity index (χ0v) is 12.2. The molecule has 0 atom stereocenters. The number of carbonyl (C=O) groups is 1. The molecule has 2 nitrogen and oxygen atoms in total. The monoisotopic (exact) mass is 392 g/mol. The van der Waals surface area contributed by atoms with Crippen LogP contribution >= 0.6 is 22.6 Å². The predicted molar refractivity (Wildman–Crippen MR) is 74.6 cm³/mol. The average Bonchev–Trinajstić information content (AvgIpc) is 2.47. The summed E-state index contributed by atoms with van der Waals surface area (Å²) in [5.41, 5.74) is 0.0859. The van der Waals surface area contributed by atoms with Crippen molar-refractivity contribution in [3.8, 4) is 0 Å². The molecular weight excluding hydrogens is 384 g/mol. The third-order valence-corrected chi connectivity index (χ3v) is 3.32. The zero-order valence-electron chi connectivity index (χ0n) is 10.00. The van der Waals surface area contributed by atoms with E-state index in [0.717, 1.165) is 6.07 Å². The van der Waals surface area contributed by atoms with Gasteiger partial charge in [-0.2, -0.15) is 0 Å². The molecule has 0 N–H and O–H groups in total. The summed E-state index contributed by atoms with van der Waals surface area (Å²) < 4.78 is 44.5. The number of benzene rings is 2. The van der Waals surface area contributed by atoms with Crippen molar-refractivity contribution in [3.05, 3.63) is 68.5 Å². The Hall–Kier alpha value is -1.57. The van der Waals surface area contributed by atoms with Crippen LogP contribution in [0.4, 0.5) is 13.2 Å². The molecule has 0 unspecified atom stereocenters. The molecule has 2 aromatic carbocycles. The van der Waals surface area contributed by atoms with Crippen LogP contribution in [0.3, 0.4) is 0 Å². The highest BCUT2D eigenvalue weighted by Crippen LogP contribution is 2.22. The first-order valence-corrected chi connectivity index (χ1v) is 6.62. The smallest absolute Gasteiger partial charge is 0.341 e. The summed E-state index contributed by atoms with van der Waals surface area (Å²) >= 11 is 1.48. The summed E-state index contributed by atoms with van der Waals surface area (Å²) in [6.07, 6.45) is 0. The highest BCUT2D eigenvalue weighted by Gasteiger charge is 2.22. The summed E-state index contributed by atoms with van der Waals surface area (Å²) in [7, 11) is 0. The Bertz CT molecular complexity index is 645. The summed E-state index contributed by atoms with van der Waals surface area (Å²) in [5, 5.41) is 0. The Balaban J connectivity index is 2.18. The van der Waals surface area contributed by atoms with Gasteiger partial charge in [-0.15, -0.1) is 0 Å². The van der Waals surface area contributed by atoms with Crippen LogP contribution in [0.2, 0.25) is 0 Å². The van der Waals surface area contributed by atoms with E-state index in [1.807, 2.05) is 0 Å². The quantitative estimate of drug-likeness (QED) is 0.341. The minimum atomic E-state index is -1.68. The summed E-state index contributed by atoms with van der Waals surface area (Å²) in [6.45, 7) is -0.0747. The van der Waals surface area contributed by atoms with Gasteiger partial charge in [0.1, 0.15) is 6.61 Å². The SMILES string of the molecule is O=C(OCc1ccccc1)c1cc(I)c(F)c(F)c1F. The van der Waals surface area contributed by atoms with E-state index in [-0.39, 0.29) is 10.2 Å². The maximum absolute atomic E-state index is 13.5. The van der Waals surface area contributed by atoms with Crippen molar-refractivity contribution in [1.29, 1.82) is 0 Å². The highest BCUT2D eigenvalue weighted by atomic mass is 127.